The van der Waals surface area contributed by atoms with E-state index >= 15 is 0 Å². The van der Waals surface area contributed by atoms with Gasteiger partial charge in [-0.2, -0.15) is 0 Å². The van der Waals surface area contributed by atoms with Crippen LogP contribution in [0.25, 0.3) is 0 Å². The van der Waals surface area contributed by atoms with Crippen molar-refractivity contribution < 1.29 is 23.9 Å². The van der Waals surface area contributed by atoms with Gasteiger partial charge in [0.25, 0.3) is 5.91 Å². The summed E-state index contributed by atoms with van der Waals surface area (Å²) in [6.45, 7) is 1.60. The smallest absolute Gasteiger partial charge is 0.338 e. The number of carbonyl (C=O) groups excluding carboxylic acids is 4. The molecule has 3 rings (SSSR count). The van der Waals surface area contributed by atoms with Crippen molar-refractivity contribution in [2.75, 3.05) is 23.4 Å². The summed E-state index contributed by atoms with van der Waals surface area (Å²) in [7, 11) is 0. The summed E-state index contributed by atoms with van der Waals surface area (Å²) in [6, 6.07) is 13.1. The van der Waals surface area contributed by atoms with Crippen molar-refractivity contribution in [1.29, 1.82) is 0 Å². The number of amides is 2. The predicted molar refractivity (Wildman–Crippen MR) is 103 cm³/mol. The number of hydrogen-bond donors (Lipinski definition) is 1. The molecule has 1 heterocycles. The molecule has 0 bridgehead atoms. The van der Waals surface area contributed by atoms with Gasteiger partial charge in [-0.1, -0.05) is 18.2 Å². The van der Waals surface area contributed by atoms with Crippen LogP contribution in [0.15, 0.2) is 48.5 Å². The van der Waals surface area contributed by atoms with E-state index in [1.54, 1.807) is 53.4 Å². The number of anilines is 2. The third-order valence-corrected chi connectivity index (χ3v) is 4.35. The average molecular weight is 380 g/mol. The zero-order valence-corrected chi connectivity index (χ0v) is 15.4. The van der Waals surface area contributed by atoms with Crippen LogP contribution in [-0.2, 0) is 14.3 Å². The molecule has 0 unspecified atom stereocenters. The Hall–Kier alpha value is -3.48. The van der Waals surface area contributed by atoms with Crippen molar-refractivity contribution in [1.82, 2.24) is 0 Å². The molecule has 2 aromatic rings. The fourth-order valence-corrected chi connectivity index (χ4v) is 2.95. The highest BCUT2D eigenvalue weighted by molar-refractivity contribution is 5.99. The Balaban J connectivity index is 1.58. The van der Waals surface area contributed by atoms with Gasteiger partial charge >= 0.3 is 5.97 Å². The monoisotopic (exact) mass is 380 g/mol. The van der Waals surface area contributed by atoms with Crippen LogP contribution < -0.4 is 10.2 Å². The van der Waals surface area contributed by atoms with Crippen LogP contribution >= 0.6 is 0 Å². The maximum absolute atomic E-state index is 12.2. The molecule has 1 fully saturated rings. The van der Waals surface area contributed by atoms with E-state index in [-0.39, 0.29) is 17.3 Å². The molecule has 7 heteroatoms. The van der Waals surface area contributed by atoms with E-state index in [0.29, 0.717) is 29.9 Å². The van der Waals surface area contributed by atoms with E-state index in [1.165, 1.54) is 6.92 Å². The Morgan fingerprint density at radius 2 is 1.82 bits per heavy atom. The van der Waals surface area contributed by atoms with Gasteiger partial charge in [0.05, 0.1) is 5.56 Å². The molecule has 1 N–H and O–H groups in total. The van der Waals surface area contributed by atoms with Crippen molar-refractivity contribution >= 4 is 34.9 Å². The van der Waals surface area contributed by atoms with Crippen molar-refractivity contribution in [3.8, 4) is 0 Å². The van der Waals surface area contributed by atoms with Gasteiger partial charge in [0.1, 0.15) is 0 Å². The maximum atomic E-state index is 12.2. The van der Waals surface area contributed by atoms with Gasteiger partial charge < -0.3 is 15.0 Å². The van der Waals surface area contributed by atoms with Gasteiger partial charge in [0.15, 0.2) is 12.4 Å². The topological polar surface area (TPSA) is 92.8 Å². The summed E-state index contributed by atoms with van der Waals surface area (Å²) in [5.74, 6) is -1.25. The van der Waals surface area contributed by atoms with Crippen molar-refractivity contribution in [3.63, 3.8) is 0 Å². The van der Waals surface area contributed by atoms with Crippen molar-refractivity contribution in [3.05, 3.63) is 59.7 Å². The first-order valence-electron chi connectivity index (χ1n) is 8.92. The highest BCUT2D eigenvalue weighted by atomic mass is 16.5. The quantitative estimate of drug-likeness (QED) is 0.614. The number of rotatable bonds is 6. The van der Waals surface area contributed by atoms with Gasteiger partial charge in [-0.25, -0.2) is 4.79 Å². The van der Waals surface area contributed by atoms with Crippen molar-refractivity contribution in [2.45, 2.75) is 19.8 Å². The van der Waals surface area contributed by atoms with E-state index in [2.05, 4.69) is 5.32 Å². The highest BCUT2D eigenvalue weighted by Crippen LogP contribution is 2.22. The third-order valence-electron chi connectivity index (χ3n) is 4.35. The van der Waals surface area contributed by atoms with Gasteiger partial charge in [0, 0.05) is 29.9 Å². The minimum Gasteiger partial charge on any atom is -0.452 e. The van der Waals surface area contributed by atoms with Crippen LogP contribution in [0.1, 0.15) is 40.5 Å². The number of esters is 1. The fourth-order valence-electron chi connectivity index (χ4n) is 2.95. The molecule has 0 aromatic heterocycles. The fraction of sp³-hybridized carbons (Fsp3) is 0.238. The van der Waals surface area contributed by atoms with Crippen LogP contribution in [0.4, 0.5) is 11.4 Å². The van der Waals surface area contributed by atoms with Crippen LogP contribution in [0, 0.1) is 0 Å². The second-order valence-corrected chi connectivity index (χ2v) is 6.46. The summed E-state index contributed by atoms with van der Waals surface area (Å²) < 4.78 is 5.06. The number of Topliss-reactive ketones (excluding diaryl/α,β-unsaturated/α-hetero) is 1. The molecule has 1 aliphatic heterocycles. The summed E-state index contributed by atoms with van der Waals surface area (Å²) >= 11 is 0. The first-order chi connectivity index (χ1) is 13.4. The number of hydrogen-bond acceptors (Lipinski definition) is 5. The second kappa shape index (κ2) is 8.47. The third kappa shape index (κ3) is 4.62. The summed E-state index contributed by atoms with van der Waals surface area (Å²) in [4.78, 5) is 49.1. The van der Waals surface area contributed by atoms with Gasteiger partial charge in [0.2, 0.25) is 5.91 Å². The number of nitrogens with one attached hydrogen (secondary N) is 1. The van der Waals surface area contributed by atoms with Crippen molar-refractivity contribution in [2.24, 2.45) is 0 Å². The lowest BCUT2D eigenvalue weighted by atomic mass is 10.1. The summed E-state index contributed by atoms with van der Waals surface area (Å²) in [5.41, 5.74) is 1.83. The van der Waals surface area contributed by atoms with E-state index in [4.69, 9.17) is 4.74 Å². The van der Waals surface area contributed by atoms with E-state index in [0.717, 1.165) is 6.42 Å². The number of benzene rings is 2. The van der Waals surface area contributed by atoms with E-state index in [9.17, 15) is 19.2 Å². The minimum atomic E-state index is -0.652. The average Bonchev–Trinajstić information content (AvgIpc) is 3.12. The molecule has 0 aliphatic carbocycles. The molecule has 2 amide bonds. The molecule has 2 aromatic carbocycles. The standard InChI is InChI=1S/C21H20N2O5/c1-14(24)15-5-2-7-17(11-15)22-19(25)13-28-21(27)16-6-3-8-18(12-16)23-10-4-9-20(23)26/h2-3,5-8,11-12H,4,9-10,13H2,1H3,(H,22,25). The van der Waals surface area contributed by atoms with Gasteiger partial charge in [-0.05, 0) is 43.7 Å². The molecule has 7 nitrogen and oxygen atoms in total. The Labute approximate surface area is 162 Å². The Kier molecular flexibility index (Phi) is 5.84. The zero-order valence-electron chi connectivity index (χ0n) is 15.4. The normalized spacial score (nSPS) is 13.3. The molecule has 0 radical (unpaired) electrons. The first kappa shape index (κ1) is 19.3. The van der Waals surface area contributed by atoms with E-state index in [1.807, 2.05) is 0 Å². The summed E-state index contributed by atoms with van der Waals surface area (Å²) in [6.07, 6.45) is 1.29. The molecular formula is C21H20N2O5. The number of ketones is 1. The molecule has 1 aliphatic rings. The first-order valence-corrected chi connectivity index (χ1v) is 8.92. The molecule has 0 saturated carbocycles. The number of nitrogens with zero attached hydrogens (tertiary/aromatic N) is 1. The SMILES string of the molecule is CC(=O)c1cccc(NC(=O)COC(=O)c2cccc(N3CCCC3=O)c2)c1. The Bertz CT molecular complexity index is 938. The number of ether oxygens (including phenoxy) is 1. The lowest BCUT2D eigenvalue weighted by molar-refractivity contribution is -0.119. The predicted octanol–water partition coefficient (Wildman–Crippen LogP) is 2.81. The molecule has 0 atom stereocenters. The second-order valence-electron chi connectivity index (χ2n) is 6.46. The largest absolute Gasteiger partial charge is 0.452 e. The summed E-state index contributed by atoms with van der Waals surface area (Å²) in [5, 5.41) is 2.58. The Morgan fingerprint density at radius 3 is 2.54 bits per heavy atom. The molecule has 144 valence electrons. The number of carbonyl (C=O) groups is 4. The lowest BCUT2D eigenvalue weighted by Gasteiger charge is -2.16. The maximum Gasteiger partial charge on any atom is 0.338 e. The van der Waals surface area contributed by atoms with Gasteiger partial charge in [-0.3, -0.25) is 14.4 Å². The van der Waals surface area contributed by atoms with Gasteiger partial charge in [-0.15, -0.1) is 0 Å². The van der Waals surface area contributed by atoms with E-state index < -0.39 is 18.5 Å². The molecule has 0 spiro atoms. The van der Waals surface area contributed by atoms with Crippen LogP contribution in [-0.4, -0.2) is 36.7 Å². The van der Waals surface area contributed by atoms with Crippen LogP contribution in [0.2, 0.25) is 0 Å². The minimum absolute atomic E-state index is 0.0256. The zero-order chi connectivity index (χ0) is 20.1. The van der Waals surface area contributed by atoms with Crippen LogP contribution in [0.3, 0.4) is 0 Å². The molecule has 28 heavy (non-hydrogen) atoms. The Morgan fingerprint density at radius 1 is 1.07 bits per heavy atom. The molecular weight excluding hydrogens is 360 g/mol. The highest BCUT2D eigenvalue weighted by Gasteiger charge is 2.22. The lowest BCUT2D eigenvalue weighted by Crippen LogP contribution is -2.24. The van der Waals surface area contributed by atoms with Crippen LogP contribution in [0.5, 0.6) is 0 Å². The molecule has 1 saturated heterocycles.